The summed E-state index contributed by atoms with van der Waals surface area (Å²) in [7, 11) is 0. The van der Waals surface area contributed by atoms with E-state index in [1.54, 1.807) is 16.2 Å². The highest BCUT2D eigenvalue weighted by atomic mass is 32.1. The van der Waals surface area contributed by atoms with Crippen LogP contribution in [0.25, 0.3) is 10.2 Å². The minimum atomic E-state index is -0.506. The lowest BCUT2D eigenvalue weighted by molar-refractivity contribution is 0.207. The molecule has 0 saturated carbocycles. The zero-order chi connectivity index (χ0) is 18.1. The predicted octanol–water partition coefficient (Wildman–Crippen LogP) is 4.68. The molecule has 26 heavy (non-hydrogen) atoms. The number of nitrogens with zero attached hydrogens (tertiary/aromatic N) is 3. The van der Waals surface area contributed by atoms with E-state index in [9.17, 15) is 9.18 Å². The van der Waals surface area contributed by atoms with Crippen LogP contribution in [0, 0.1) is 17.1 Å². The zero-order valence-electron chi connectivity index (χ0n) is 13.8. The first-order chi connectivity index (χ1) is 12.7. The summed E-state index contributed by atoms with van der Waals surface area (Å²) in [4.78, 5) is 19.2. The van der Waals surface area contributed by atoms with Gasteiger partial charge in [-0.15, -0.1) is 11.3 Å². The molecule has 0 bridgehead atoms. The van der Waals surface area contributed by atoms with E-state index in [0.29, 0.717) is 12.2 Å². The lowest BCUT2D eigenvalue weighted by Gasteiger charge is -2.23. The molecule has 1 saturated heterocycles. The molecule has 2 aromatic carbocycles. The average molecular weight is 366 g/mol. The van der Waals surface area contributed by atoms with Crippen molar-refractivity contribution in [2.45, 2.75) is 18.9 Å². The highest BCUT2D eigenvalue weighted by Crippen LogP contribution is 2.36. The molecule has 3 aromatic rings. The molecule has 1 N–H and O–H groups in total. The lowest BCUT2D eigenvalue weighted by Crippen LogP contribution is -2.34. The van der Waals surface area contributed by atoms with Crippen molar-refractivity contribution in [1.82, 2.24) is 9.88 Å². The first kappa shape index (κ1) is 16.5. The molecule has 5 nitrogen and oxygen atoms in total. The molecule has 2 heterocycles. The van der Waals surface area contributed by atoms with E-state index >= 15 is 0 Å². The largest absolute Gasteiger partial charge is 0.322 e. The van der Waals surface area contributed by atoms with Crippen molar-refractivity contribution < 1.29 is 9.18 Å². The number of likely N-dealkylation sites (tertiary alicyclic amines) is 1. The number of amides is 2. The van der Waals surface area contributed by atoms with Gasteiger partial charge in [0.1, 0.15) is 16.9 Å². The molecule has 1 unspecified atom stereocenters. The fourth-order valence-corrected chi connectivity index (χ4v) is 4.32. The smallest absolute Gasteiger partial charge is 0.315 e. The molecule has 1 fully saturated rings. The van der Waals surface area contributed by atoms with Gasteiger partial charge in [0.25, 0.3) is 0 Å². The maximum atomic E-state index is 13.3. The van der Waals surface area contributed by atoms with Crippen LogP contribution in [0.15, 0.2) is 42.5 Å². The van der Waals surface area contributed by atoms with Crippen molar-refractivity contribution in [2.24, 2.45) is 0 Å². The van der Waals surface area contributed by atoms with Crippen LogP contribution >= 0.6 is 11.3 Å². The van der Waals surface area contributed by atoms with Gasteiger partial charge in [-0.25, -0.2) is 14.2 Å². The van der Waals surface area contributed by atoms with Crippen LogP contribution in [0.1, 0.15) is 29.5 Å². The third-order valence-electron chi connectivity index (χ3n) is 4.45. The third-order valence-corrected chi connectivity index (χ3v) is 5.59. The van der Waals surface area contributed by atoms with Crippen LogP contribution in [-0.2, 0) is 0 Å². The number of carbonyl (C=O) groups is 1. The van der Waals surface area contributed by atoms with Gasteiger partial charge in [0.05, 0.1) is 27.5 Å². The molecule has 4 rings (SSSR count). The summed E-state index contributed by atoms with van der Waals surface area (Å²) in [5.74, 6) is -0.506. The maximum absolute atomic E-state index is 13.3. The lowest BCUT2D eigenvalue weighted by atomic mass is 10.2. The second kappa shape index (κ2) is 6.73. The van der Waals surface area contributed by atoms with Crippen molar-refractivity contribution in [3.63, 3.8) is 0 Å². The molecule has 1 atom stereocenters. The van der Waals surface area contributed by atoms with Crippen LogP contribution in [-0.4, -0.2) is 22.5 Å². The first-order valence-electron chi connectivity index (χ1n) is 8.28. The standard InChI is InChI=1S/C19H15FN4OS/c20-13-7-8-14(12(10-13)11-21)23-19(25)24-9-3-5-16(24)18-22-15-4-1-2-6-17(15)26-18/h1-2,4,6-8,10,16H,3,5,9H2,(H,23,25). The molecule has 1 aliphatic rings. The van der Waals surface area contributed by atoms with Crippen molar-refractivity contribution >= 4 is 33.3 Å². The topological polar surface area (TPSA) is 69.0 Å². The number of aromatic nitrogens is 1. The van der Waals surface area contributed by atoms with Crippen LogP contribution in [0.3, 0.4) is 0 Å². The van der Waals surface area contributed by atoms with Gasteiger partial charge in [0.15, 0.2) is 0 Å². The Morgan fingerprint density at radius 2 is 2.19 bits per heavy atom. The maximum Gasteiger partial charge on any atom is 0.322 e. The molecular weight excluding hydrogens is 351 g/mol. The Kier molecular flexibility index (Phi) is 4.27. The Balaban J connectivity index is 1.58. The number of benzene rings is 2. The zero-order valence-corrected chi connectivity index (χ0v) is 14.6. The number of rotatable bonds is 2. The molecule has 0 aliphatic carbocycles. The summed E-state index contributed by atoms with van der Waals surface area (Å²) in [6.07, 6.45) is 1.74. The van der Waals surface area contributed by atoms with Crippen molar-refractivity contribution in [1.29, 1.82) is 5.26 Å². The van der Waals surface area contributed by atoms with Gasteiger partial charge in [0, 0.05) is 6.54 Å². The van der Waals surface area contributed by atoms with E-state index in [1.165, 1.54) is 12.1 Å². The number of hydrogen-bond donors (Lipinski definition) is 1. The van der Waals surface area contributed by atoms with Gasteiger partial charge >= 0.3 is 6.03 Å². The van der Waals surface area contributed by atoms with Crippen molar-refractivity contribution in [2.75, 3.05) is 11.9 Å². The Bertz CT molecular complexity index is 993. The van der Waals surface area contributed by atoms with Crippen LogP contribution in [0.2, 0.25) is 0 Å². The number of halogens is 1. The minimum Gasteiger partial charge on any atom is -0.315 e. The number of hydrogen-bond acceptors (Lipinski definition) is 4. The Hall–Kier alpha value is -2.98. The van der Waals surface area contributed by atoms with Gasteiger partial charge in [-0.3, -0.25) is 0 Å². The normalized spacial score (nSPS) is 16.6. The predicted molar refractivity (Wildman–Crippen MR) is 98.4 cm³/mol. The summed E-state index contributed by atoms with van der Waals surface area (Å²) in [5, 5.41) is 12.8. The van der Waals surface area contributed by atoms with Crippen molar-refractivity contribution in [3.05, 3.63) is 58.9 Å². The number of nitrogens with one attached hydrogen (secondary N) is 1. The number of anilines is 1. The molecule has 1 aromatic heterocycles. The van der Waals surface area contributed by atoms with Gasteiger partial charge in [-0.2, -0.15) is 5.26 Å². The number of carbonyl (C=O) groups excluding carboxylic acids is 1. The first-order valence-corrected chi connectivity index (χ1v) is 9.10. The van der Waals surface area contributed by atoms with Gasteiger partial charge < -0.3 is 10.2 Å². The highest BCUT2D eigenvalue weighted by Gasteiger charge is 2.32. The van der Waals surface area contributed by atoms with Gasteiger partial charge in [0.2, 0.25) is 0 Å². The van der Waals surface area contributed by atoms with Crippen LogP contribution in [0.4, 0.5) is 14.9 Å². The third kappa shape index (κ3) is 3.00. The average Bonchev–Trinajstić information content (AvgIpc) is 3.29. The van der Waals surface area contributed by atoms with Gasteiger partial charge in [-0.05, 0) is 43.2 Å². The number of nitriles is 1. The summed E-state index contributed by atoms with van der Waals surface area (Å²) >= 11 is 1.60. The molecule has 0 spiro atoms. The van der Waals surface area contributed by atoms with E-state index in [2.05, 4.69) is 10.3 Å². The number of para-hydroxylation sites is 1. The molecule has 130 valence electrons. The second-order valence-electron chi connectivity index (χ2n) is 6.10. The summed E-state index contributed by atoms with van der Waals surface area (Å²) in [5.41, 5.74) is 1.35. The highest BCUT2D eigenvalue weighted by molar-refractivity contribution is 7.18. The van der Waals surface area contributed by atoms with Gasteiger partial charge in [-0.1, -0.05) is 12.1 Å². The molecule has 2 amide bonds. The summed E-state index contributed by atoms with van der Waals surface area (Å²) in [6.45, 7) is 0.621. The summed E-state index contributed by atoms with van der Waals surface area (Å²) < 4.78 is 14.4. The summed E-state index contributed by atoms with van der Waals surface area (Å²) in [6, 6.07) is 13.2. The Morgan fingerprint density at radius 1 is 1.35 bits per heavy atom. The van der Waals surface area contributed by atoms with E-state index in [0.717, 1.165) is 34.1 Å². The Morgan fingerprint density at radius 3 is 3.00 bits per heavy atom. The molecule has 0 radical (unpaired) electrons. The van der Waals surface area contributed by atoms with E-state index in [1.807, 2.05) is 30.3 Å². The monoisotopic (exact) mass is 366 g/mol. The number of fused-ring (bicyclic) bond motifs is 1. The van der Waals surface area contributed by atoms with Crippen LogP contribution < -0.4 is 5.32 Å². The van der Waals surface area contributed by atoms with E-state index in [4.69, 9.17) is 5.26 Å². The quantitative estimate of drug-likeness (QED) is 0.716. The molecule has 1 aliphatic heterocycles. The fraction of sp³-hybridized carbons (Fsp3) is 0.211. The minimum absolute atomic E-state index is 0.0848. The SMILES string of the molecule is N#Cc1cc(F)ccc1NC(=O)N1CCCC1c1nc2ccccc2s1. The second-order valence-corrected chi connectivity index (χ2v) is 7.17. The van der Waals surface area contributed by atoms with E-state index < -0.39 is 5.82 Å². The van der Waals surface area contributed by atoms with Crippen molar-refractivity contribution in [3.8, 4) is 6.07 Å². The van der Waals surface area contributed by atoms with E-state index in [-0.39, 0.29) is 17.6 Å². The Labute approximate surface area is 153 Å². The number of thiazole rings is 1. The fourth-order valence-electron chi connectivity index (χ4n) is 3.20. The molecular formula is C19H15FN4OS. The molecule has 7 heteroatoms. The van der Waals surface area contributed by atoms with Crippen LogP contribution in [0.5, 0.6) is 0 Å². The number of urea groups is 1.